The van der Waals surface area contributed by atoms with Gasteiger partial charge < -0.3 is 15.4 Å². The van der Waals surface area contributed by atoms with E-state index in [1.54, 1.807) is 7.11 Å². The Morgan fingerprint density at radius 2 is 1.80 bits per heavy atom. The third-order valence-electron chi connectivity index (χ3n) is 7.12. The maximum atomic E-state index is 5.69. The van der Waals surface area contributed by atoms with Crippen molar-refractivity contribution in [1.29, 1.82) is 0 Å². The quantitative estimate of drug-likeness (QED) is 0.664. The molecule has 1 saturated heterocycles. The van der Waals surface area contributed by atoms with E-state index in [0.29, 0.717) is 18.1 Å². The van der Waals surface area contributed by atoms with E-state index in [1.165, 1.54) is 48.8 Å². The molecule has 0 amide bonds. The first kappa shape index (κ1) is 21.4. The lowest BCUT2D eigenvalue weighted by Crippen LogP contribution is -2.55. The number of methoxy groups -OCH3 is 1. The fraction of sp³-hybridized carbons (Fsp3) is 0.556. The highest BCUT2D eigenvalue weighted by atomic mass is 16.5. The number of piperidine rings is 1. The summed E-state index contributed by atoms with van der Waals surface area (Å²) in [5.74, 6) is 1.77. The molecule has 4 rings (SSSR count). The number of benzene rings is 2. The van der Waals surface area contributed by atoms with Crippen LogP contribution in [0, 0.1) is 5.92 Å². The molecule has 3 nitrogen and oxygen atoms in total. The number of nitrogens with one attached hydrogen (secondary N) is 2. The Hall–Kier alpha value is -1.84. The van der Waals surface area contributed by atoms with Gasteiger partial charge >= 0.3 is 0 Å². The molecule has 4 atom stereocenters. The first-order valence-electron chi connectivity index (χ1n) is 11.7. The molecule has 1 aliphatic carbocycles. The number of hydrogen-bond donors (Lipinski definition) is 2. The first-order chi connectivity index (χ1) is 14.5. The second-order valence-electron chi connectivity index (χ2n) is 10.2. The van der Waals surface area contributed by atoms with E-state index < -0.39 is 0 Å². The molecule has 2 aromatic rings. The second kappa shape index (κ2) is 9.11. The number of hydrogen-bond acceptors (Lipinski definition) is 3. The average molecular weight is 407 g/mol. The zero-order valence-corrected chi connectivity index (χ0v) is 19.1. The van der Waals surface area contributed by atoms with Crippen molar-refractivity contribution in [3.63, 3.8) is 0 Å². The molecule has 0 radical (unpaired) electrons. The Bertz CT molecular complexity index is 827. The third kappa shape index (κ3) is 4.73. The van der Waals surface area contributed by atoms with Gasteiger partial charge in [-0.15, -0.1) is 0 Å². The second-order valence-corrected chi connectivity index (χ2v) is 10.2. The highest BCUT2D eigenvalue weighted by Gasteiger charge is 2.38. The first-order valence-corrected chi connectivity index (χ1v) is 11.7. The van der Waals surface area contributed by atoms with Crippen molar-refractivity contribution >= 4 is 0 Å². The molecule has 1 saturated carbocycles. The van der Waals surface area contributed by atoms with Crippen molar-refractivity contribution < 1.29 is 4.74 Å². The van der Waals surface area contributed by atoms with Crippen LogP contribution < -0.4 is 15.4 Å². The number of rotatable bonds is 5. The van der Waals surface area contributed by atoms with Crippen molar-refractivity contribution in [2.24, 2.45) is 5.92 Å². The van der Waals surface area contributed by atoms with Gasteiger partial charge in [0.25, 0.3) is 0 Å². The lowest BCUT2D eigenvalue weighted by atomic mass is 9.74. The summed E-state index contributed by atoms with van der Waals surface area (Å²) in [4.78, 5) is 0. The van der Waals surface area contributed by atoms with Crippen LogP contribution in [0.5, 0.6) is 5.75 Å². The monoisotopic (exact) mass is 406 g/mol. The predicted octanol–water partition coefficient (Wildman–Crippen LogP) is 5.74. The van der Waals surface area contributed by atoms with Crippen molar-refractivity contribution in [3.8, 4) is 5.75 Å². The van der Waals surface area contributed by atoms with Gasteiger partial charge in [0.2, 0.25) is 0 Å². The molecule has 2 aliphatic rings. The van der Waals surface area contributed by atoms with E-state index in [0.717, 1.165) is 18.2 Å². The fourth-order valence-electron chi connectivity index (χ4n) is 5.33. The molecule has 4 unspecified atom stereocenters. The topological polar surface area (TPSA) is 33.3 Å². The largest absolute Gasteiger partial charge is 0.496 e. The average Bonchev–Trinajstić information content (AvgIpc) is 2.76. The molecule has 0 aromatic heterocycles. The van der Waals surface area contributed by atoms with E-state index in [4.69, 9.17) is 4.74 Å². The molecule has 3 heteroatoms. The summed E-state index contributed by atoms with van der Waals surface area (Å²) in [5, 5.41) is 7.96. The predicted molar refractivity (Wildman–Crippen MR) is 125 cm³/mol. The van der Waals surface area contributed by atoms with Crippen LogP contribution in [0.1, 0.15) is 75.6 Å². The van der Waals surface area contributed by atoms with Gasteiger partial charge in [-0.3, -0.25) is 0 Å². The molecule has 2 fully saturated rings. The SMILES string of the molecule is COc1ccc(C(C)(C)C)cc1CNC1CC2CCCCC2NC1c1ccccc1. The Labute approximate surface area is 182 Å². The summed E-state index contributed by atoms with van der Waals surface area (Å²) >= 11 is 0. The Balaban J connectivity index is 1.55. The minimum Gasteiger partial charge on any atom is -0.496 e. The lowest BCUT2D eigenvalue weighted by Gasteiger charge is -2.45. The number of fused-ring (bicyclic) bond motifs is 1. The molecule has 1 heterocycles. The molecule has 1 aliphatic heterocycles. The highest BCUT2D eigenvalue weighted by molar-refractivity contribution is 5.39. The van der Waals surface area contributed by atoms with E-state index >= 15 is 0 Å². The van der Waals surface area contributed by atoms with Crippen LogP contribution in [0.2, 0.25) is 0 Å². The van der Waals surface area contributed by atoms with Gasteiger partial charge in [0.1, 0.15) is 5.75 Å². The third-order valence-corrected chi connectivity index (χ3v) is 7.12. The molecular formula is C27H38N2O. The Morgan fingerprint density at radius 3 is 2.53 bits per heavy atom. The van der Waals surface area contributed by atoms with Crippen LogP contribution in [0.15, 0.2) is 48.5 Å². The van der Waals surface area contributed by atoms with Crippen LogP contribution in [-0.2, 0) is 12.0 Å². The maximum Gasteiger partial charge on any atom is 0.123 e. The van der Waals surface area contributed by atoms with Crippen molar-refractivity contribution in [3.05, 3.63) is 65.2 Å². The summed E-state index contributed by atoms with van der Waals surface area (Å²) in [7, 11) is 1.77. The van der Waals surface area contributed by atoms with Crippen molar-refractivity contribution in [2.75, 3.05) is 7.11 Å². The molecule has 162 valence electrons. The normalized spacial score (nSPS) is 26.8. The highest BCUT2D eigenvalue weighted by Crippen LogP contribution is 2.37. The fourth-order valence-corrected chi connectivity index (χ4v) is 5.33. The zero-order valence-electron chi connectivity index (χ0n) is 19.1. The van der Waals surface area contributed by atoms with Gasteiger partial charge in [-0.05, 0) is 47.8 Å². The molecule has 2 aromatic carbocycles. The van der Waals surface area contributed by atoms with Crippen LogP contribution in [-0.4, -0.2) is 19.2 Å². The van der Waals surface area contributed by atoms with E-state index in [1.807, 2.05) is 0 Å². The van der Waals surface area contributed by atoms with Crippen LogP contribution >= 0.6 is 0 Å². The molecule has 0 spiro atoms. The molecular weight excluding hydrogens is 368 g/mol. The summed E-state index contributed by atoms with van der Waals surface area (Å²) in [6.07, 6.45) is 6.68. The van der Waals surface area contributed by atoms with Crippen LogP contribution in [0.25, 0.3) is 0 Å². The zero-order chi connectivity index (χ0) is 21.1. The minimum atomic E-state index is 0.134. The molecule has 30 heavy (non-hydrogen) atoms. The smallest absolute Gasteiger partial charge is 0.123 e. The maximum absolute atomic E-state index is 5.69. The van der Waals surface area contributed by atoms with Gasteiger partial charge in [0.15, 0.2) is 0 Å². The summed E-state index contributed by atoms with van der Waals surface area (Å²) < 4.78 is 5.69. The van der Waals surface area contributed by atoms with Crippen LogP contribution in [0.3, 0.4) is 0 Å². The Morgan fingerprint density at radius 1 is 1.03 bits per heavy atom. The van der Waals surface area contributed by atoms with E-state index in [-0.39, 0.29) is 5.41 Å². The standard InChI is InChI=1S/C27H38N2O/c1-27(2,3)22-14-15-25(30-4)21(16-22)18-28-24-17-20-12-8-9-13-23(20)29-26(24)19-10-6-5-7-11-19/h5-7,10-11,14-16,20,23-24,26,28-29H,8-9,12-13,17-18H2,1-4H3. The summed E-state index contributed by atoms with van der Waals surface area (Å²) in [6, 6.07) is 19.1. The molecule has 0 bridgehead atoms. The summed E-state index contributed by atoms with van der Waals surface area (Å²) in [6.45, 7) is 7.64. The minimum absolute atomic E-state index is 0.134. The van der Waals surface area contributed by atoms with Crippen molar-refractivity contribution in [2.45, 2.75) is 83.0 Å². The number of ether oxygens (including phenoxy) is 1. The van der Waals surface area contributed by atoms with Crippen LogP contribution in [0.4, 0.5) is 0 Å². The van der Waals surface area contributed by atoms with E-state index in [2.05, 4.69) is 79.9 Å². The van der Waals surface area contributed by atoms with Crippen molar-refractivity contribution in [1.82, 2.24) is 10.6 Å². The van der Waals surface area contributed by atoms with Gasteiger partial charge in [-0.2, -0.15) is 0 Å². The lowest BCUT2D eigenvalue weighted by molar-refractivity contribution is 0.140. The van der Waals surface area contributed by atoms with Gasteiger partial charge in [0.05, 0.1) is 7.11 Å². The van der Waals surface area contributed by atoms with Gasteiger partial charge in [0, 0.05) is 30.2 Å². The van der Waals surface area contributed by atoms with E-state index in [9.17, 15) is 0 Å². The summed E-state index contributed by atoms with van der Waals surface area (Å²) in [5.41, 5.74) is 4.14. The van der Waals surface area contributed by atoms with Gasteiger partial charge in [-0.25, -0.2) is 0 Å². The van der Waals surface area contributed by atoms with Gasteiger partial charge in [-0.1, -0.05) is 76.1 Å². The Kier molecular flexibility index (Phi) is 6.50. The molecule has 2 N–H and O–H groups in total.